The zero-order chi connectivity index (χ0) is 18.1. The SMILES string of the molecule is O=C(NCc1ccnc(Cl)c1)N1CC2(CCNCC2)c2cc(Br)ccc21. The van der Waals surface area contributed by atoms with Crippen LogP contribution in [0.3, 0.4) is 0 Å². The van der Waals surface area contributed by atoms with Crippen molar-refractivity contribution in [2.45, 2.75) is 24.8 Å². The molecule has 1 aromatic heterocycles. The second-order valence-electron chi connectivity index (χ2n) is 6.92. The molecule has 5 nitrogen and oxygen atoms in total. The Morgan fingerprint density at radius 3 is 2.88 bits per heavy atom. The van der Waals surface area contributed by atoms with Crippen molar-refractivity contribution in [2.24, 2.45) is 0 Å². The van der Waals surface area contributed by atoms with Gasteiger partial charge in [-0.25, -0.2) is 9.78 Å². The van der Waals surface area contributed by atoms with E-state index in [-0.39, 0.29) is 11.4 Å². The smallest absolute Gasteiger partial charge is 0.322 e. The Morgan fingerprint density at radius 1 is 1.31 bits per heavy atom. The first-order chi connectivity index (χ1) is 12.6. The van der Waals surface area contributed by atoms with Crippen molar-refractivity contribution in [3.63, 3.8) is 0 Å². The monoisotopic (exact) mass is 434 g/mol. The molecule has 2 amide bonds. The average Bonchev–Trinajstić information content (AvgIpc) is 2.94. The van der Waals surface area contributed by atoms with Crippen LogP contribution in [0.15, 0.2) is 41.0 Å². The number of carbonyl (C=O) groups is 1. The van der Waals surface area contributed by atoms with Gasteiger partial charge in [0.25, 0.3) is 0 Å². The Balaban J connectivity index is 1.56. The Kier molecular flexibility index (Phi) is 4.90. The molecular formula is C19H20BrClN4O. The molecule has 0 saturated carbocycles. The highest BCUT2D eigenvalue weighted by Gasteiger charge is 2.45. The van der Waals surface area contributed by atoms with Gasteiger partial charge in [-0.2, -0.15) is 0 Å². The average molecular weight is 436 g/mol. The summed E-state index contributed by atoms with van der Waals surface area (Å²) in [5.74, 6) is 0. The summed E-state index contributed by atoms with van der Waals surface area (Å²) in [6.45, 7) is 3.12. The minimum Gasteiger partial charge on any atom is -0.334 e. The standard InChI is InChI=1S/C19H20BrClN4O/c20-14-1-2-16-15(10-14)19(4-7-22-8-5-19)12-25(16)18(26)24-11-13-3-6-23-17(21)9-13/h1-3,6,9-10,22H,4-5,7-8,11-12H2,(H,24,26). The van der Waals surface area contributed by atoms with E-state index in [2.05, 4.69) is 37.6 Å². The normalized spacial score (nSPS) is 18.0. The highest BCUT2D eigenvalue weighted by molar-refractivity contribution is 9.10. The van der Waals surface area contributed by atoms with Gasteiger partial charge in [0.15, 0.2) is 0 Å². The molecule has 0 aliphatic carbocycles. The van der Waals surface area contributed by atoms with E-state index in [1.807, 2.05) is 23.1 Å². The van der Waals surface area contributed by atoms with Crippen molar-refractivity contribution in [3.8, 4) is 0 Å². The molecule has 0 atom stereocenters. The van der Waals surface area contributed by atoms with Gasteiger partial charge in [0.1, 0.15) is 5.15 Å². The quantitative estimate of drug-likeness (QED) is 0.705. The molecule has 1 spiro atoms. The van der Waals surface area contributed by atoms with Gasteiger partial charge in [0.05, 0.1) is 0 Å². The van der Waals surface area contributed by atoms with Gasteiger partial charge in [-0.15, -0.1) is 0 Å². The second kappa shape index (κ2) is 7.18. The van der Waals surface area contributed by atoms with Crippen LogP contribution in [0.5, 0.6) is 0 Å². The number of carbonyl (C=O) groups excluding carboxylic acids is 1. The molecule has 0 radical (unpaired) electrons. The fraction of sp³-hybridized carbons (Fsp3) is 0.368. The molecule has 1 saturated heterocycles. The molecule has 136 valence electrons. The molecule has 0 bridgehead atoms. The molecule has 4 rings (SSSR count). The number of fused-ring (bicyclic) bond motifs is 2. The van der Waals surface area contributed by atoms with Gasteiger partial charge in [-0.1, -0.05) is 27.5 Å². The number of aromatic nitrogens is 1. The van der Waals surface area contributed by atoms with Crippen LogP contribution in [0.25, 0.3) is 0 Å². The summed E-state index contributed by atoms with van der Waals surface area (Å²) in [6, 6.07) is 9.77. The Labute approximate surface area is 166 Å². The van der Waals surface area contributed by atoms with E-state index in [0.29, 0.717) is 11.7 Å². The summed E-state index contributed by atoms with van der Waals surface area (Å²) in [5.41, 5.74) is 3.27. The van der Waals surface area contributed by atoms with Gasteiger partial charge in [0, 0.05) is 34.9 Å². The van der Waals surface area contributed by atoms with Crippen molar-refractivity contribution in [2.75, 3.05) is 24.5 Å². The molecule has 0 unspecified atom stereocenters. The van der Waals surface area contributed by atoms with E-state index < -0.39 is 0 Å². The Bertz CT molecular complexity index is 838. The molecule has 26 heavy (non-hydrogen) atoms. The molecule has 2 N–H and O–H groups in total. The highest BCUT2D eigenvalue weighted by Crippen LogP contribution is 2.46. The molecule has 3 heterocycles. The number of pyridine rings is 1. The van der Waals surface area contributed by atoms with Crippen LogP contribution in [0.1, 0.15) is 24.0 Å². The van der Waals surface area contributed by atoms with E-state index in [0.717, 1.165) is 48.2 Å². The number of amides is 2. The van der Waals surface area contributed by atoms with Gasteiger partial charge in [-0.05, 0) is 67.4 Å². The lowest BCUT2D eigenvalue weighted by atomic mass is 9.75. The van der Waals surface area contributed by atoms with Crippen molar-refractivity contribution in [1.82, 2.24) is 15.6 Å². The summed E-state index contributed by atoms with van der Waals surface area (Å²) in [6.07, 6.45) is 3.73. The second-order valence-corrected chi connectivity index (χ2v) is 8.23. The number of piperidine rings is 1. The molecule has 7 heteroatoms. The van der Waals surface area contributed by atoms with Crippen LogP contribution in [0, 0.1) is 0 Å². The highest BCUT2D eigenvalue weighted by atomic mass is 79.9. The van der Waals surface area contributed by atoms with Gasteiger partial charge < -0.3 is 10.6 Å². The van der Waals surface area contributed by atoms with Crippen molar-refractivity contribution >= 4 is 39.2 Å². The lowest BCUT2D eigenvalue weighted by molar-refractivity contribution is 0.243. The molecule has 2 aliphatic heterocycles. The van der Waals surface area contributed by atoms with Crippen molar-refractivity contribution in [3.05, 3.63) is 57.3 Å². The van der Waals surface area contributed by atoms with E-state index in [1.54, 1.807) is 12.3 Å². The Hall–Kier alpha value is -1.63. The van der Waals surface area contributed by atoms with Crippen LogP contribution < -0.4 is 15.5 Å². The maximum absolute atomic E-state index is 12.9. The van der Waals surface area contributed by atoms with Crippen LogP contribution in [-0.4, -0.2) is 30.6 Å². The molecular weight excluding hydrogens is 416 g/mol. The molecule has 1 aromatic carbocycles. The number of hydrogen-bond acceptors (Lipinski definition) is 3. The topological polar surface area (TPSA) is 57.3 Å². The first kappa shape index (κ1) is 17.8. The van der Waals surface area contributed by atoms with Crippen LogP contribution in [-0.2, 0) is 12.0 Å². The minimum absolute atomic E-state index is 0.0433. The number of rotatable bonds is 2. The summed E-state index contributed by atoms with van der Waals surface area (Å²) in [4.78, 5) is 18.8. The number of anilines is 1. The lowest BCUT2D eigenvalue weighted by Gasteiger charge is -2.34. The van der Waals surface area contributed by atoms with Crippen LogP contribution >= 0.6 is 27.5 Å². The van der Waals surface area contributed by atoms with Crippen LogP contribution in [0.2, 0.25) is 5.15 Å². The first-order valence-electron chi connectivity index (χ1n) is 8.74. The third kappa shape index (κ3) is 3.33. The zero-order valence-electron chi connectivity index (χ0n) is 14.3. The summed E-state index contributed by atoms with van der Waals surface area (Å²) in [7, 11) is 0. The fourth-order valence-corrected chi connectivity index (χ4v) is 4.54. The fourth-order valence-electron chi connectivity index (χ4n) is 3.98. The van der Waals surface area contributed by atoms with Gasteiger partial charge in [-0.3, -0.25) is 4.90 Å². The lowest BCUT2D eigenvalue weighted by Crippen LogP contribution is -2.46. The molecule has 1 fully saturated rings. The summed E-state index contributed by atoms with van der Waals surface area (Å²) < 4.78 is 1.06. The predicted octanol–water partition coefficient (Wildman–Crippen LogP) is 3.85. The third-order valence-electron chi connectivity index (χ3n) is 5.32. The Morgan fingerprint density at radius 2 is 2.12 bits per heavy atom. The van der Waals surface area contributed by atoms with E-state index in [4.69, 9.17) is 11.6 Å². The van der Waals surface area contributed by atoms with E-state index in [1.165, 1.54) is 5.56 Å². The first-order valence-corrected chi connectivity index (χ1v) is 9.91. The maximum atomic E-state index is 12.9. The van der Waals surface area contributed by atoms with E-state index in [9.17, 15) is 4.79 Å². The number of nitrogens with zero attached hydrogens (tertiary/aromatic N) is 2. The summed E-state index contributed by atoms with van der Waals surface area (Å²) in [5, 5.41) is 6.88. The summed E-state index contributed by atoms with van der Waals surface area (Å²) >= 11 is 9.51. The molecule has 2 aliphatic rings. The van der Waals surface area contributed by atoms with Crippen molar-refractivity contribution in [1.29, 1.82) is 0 Å². The predicted molar refractivity (Wildman–Crippen MR) is 107 cm³/mol. The van der Waals surface area contributed by atoms with Crippen molar-refractivity contribution < 1.29 is 4.79 Å². The maximum Gasteiger partial charge on any atom is 0.322 e. The number of halogens is 2. The van der Waals surface area contributed by atoms with Crippen LogP contribution in [0.4, 0.5) is 10.5 Å². The van der Waals surface area contributed by atoms with E-state index >= 15 is 0 Å². The van der Waals surface area contributed by atoms with Gasteiger partial charge >= 0.3 is 6.03 Å². The molecule has 2 aromatic rings. The van der Waals surface area contributed by atoms with Gasteiger partial charge in [0.2, 0.25) is 0 Å². The number of nitrogens with one attached hydrogen (secondary N) is 2. The largest absolute Gasteiger partial charge is 0.334 e. The number of benzene rings is 1. The number of urea groups is 1. The minimum atomic E-state index is -0.0723. The number of hydrogen-bond donors (Lipinski definition) is 2. The third-order valence-corrected chi connectivity index (χ3v) is 6.02. The zero-order valence-corrected chi connectivity index (χ0v) is 16.6.